The Morgan fingerprint density at radius 3 is 2.74 bits per heavy atom. The predicted molar refractivity (Wildman–Crippen MR) is 124 cm³/mol. The van der Waals surface area contributed by atoms with Gasteiger partial charge in [-0.15, -0.1) is 11.3 Å². The number of carbonyl (C=O) groups is 1. The zero-order valence-electron chi connectivity index (χ0n) is 16.5. The van der Waals surface area contributed by atoms with E-state index in [-0.39, 0.29) is 18.3 Å². The van der Waals surface area contributed by atoms with E-state index < -0.39 is 0 Å². The van der Waals surface area contributed by atoms with Gasteiger partial charge in [0.05, 0.1) is 5.69 Å². The standard InChI is InChI=1S/C23H18Cl2N2O3S/c1-14-21(12-15-11-16(24)7-9-19(15)25)31-23(26-14)27-22(28)20-10-8-18(30-20)13-29-17-5-3-2-4-6-17/h2-11H,12-13H2,1H3,(H,26,27,28). The van der Waals surface area contributed by atoms with Crippen molar-refractivity contribution in [3.8, 4) is 5.75 Å². The number of furan rings is 1. The summed E-state index contributed by atoms with van der Waals surface area (Å²) in [6.45, 7) is 2.13. The maximum Gasteiger partial charge on any atom is 0.293 e. The topological polar surface area (TPSA) is 64.4 Å². The fourth-order valence-electron chi connectivity index (χ4n) is 2.90. The summed E-state index contributed by atoms with van der Waals surface area (Å²) in [7, 11) is 0. The predicted octanol–water partition coefficient (Wildman–Crippen LogP) is 6.77. The number of nitrogens with zero attached hydrogens (tertiary/aromatic N) is 1. The Labute approximate surface area is 193 Å². The van der Waals surface area contributed by atoms with E-state index in [9.17, 15) is 4.79 Å². The second-order valence-corrected chi connectivity index (χ2v) is 8.69. The number of halogens is 2. The molecule has 0 unspecified atom stereocenters. The molecular weight excluding hydrogens is 455 g/mol. The van der Waals surface area contributed by atoms with E-state index in [0.29, 0.717) is 27.4 Å². The maximum absolute atomic E-state index is 12.6. The minimum Gasteiger partial charge on any atom is -0.486 e. The Balaban J connectivity index is 1.39. The van der Waals surface area contributed by atoms with Gasteiger partial charge in [0.1, 0.15) is 18.1 Å². The van der Waals surface area contributed by atoms with E-state index in [4.69, 9.17) is 32.4 Å². The van der Waals surface area contributed by atoms with Crippen LogP contribution in [0.5, 0.6) is 5.75 Å². The van der Waals surface area contributed by atoms with Crippen LogP contribution >= 0.6 is 34.5 Å². The van der Waals surface area contributed by atoms with Gasteiger partial charge in [0.2, 0.25) is 0 Å². The molecule has 2 heterocycles. The molecule has 2 aromatic carbocycles. The summed E-state index contributed by atoms with van der Waals surface area (Å²) in [5.41, 5.74) is 1.74. The highest BCUT2D eigenvalue weighted by atomic mass is 35.5. The zero-order valence-corrected chi connectivity index (χ0v) is 18.9. The van der Waals surface area contributed by atoms with Gasteiger partial charge in [-0.2, -0.15) is 0 Å². The molecule has 0 atom stereocenters. The molecule has 0 fully saturated rings. The molecule has 0 spiro atoms. The van der Waals surface area contributed by atoms with E-state index in [2.05, 4.69) is 10.3 Å². The normalized spacial score (nSPS) is 10.8. The second kappa shape index (κ2) is 9.56. The lowest BCUT2D eigenvalue weighted by molar-refractivity contribution is 0.0992. The molecule has 158 valence electrons. The summed E-state index contributed by atoms with van der Waals surface area (Å²) >= 11 is 13.7. The summed E-state index contributed by atoms with van der Waals surface area (Å²) in [5, 5.41) is 4.55. The molecule has 0 bridgehead atoms. The Morgan fingerprint density at radius 1 is 1.13 bits per heavy atom. The van der Waals surface area contributed by atoms with E-state index in [1.807, 2.05) is 43.3 Å². The molecule has 4 aromatic rings. The Morgan fingerprint density at radius 2 is 1.94 bits per heavy atom. The highest BCUT2D eigenvalue weighted by molar-refractivity contribution is 7.15. The van der Waals surface area contributed by atoms with Crippen LogP contribution < -0.4 is 10.1 Å². The van der Waals surface area contributed by atoms with E-state index in [1.54, 1.807) is 24.3 Å². The third-order valence-corrected chi connectivity index (χ3v) is 6.16. The van der Waals surface area contributed by atoms with Crippen molar-refractivity contribution in [1.29, 1.82) is 0 Å². The van der Waals surface area contributed by atoms with Crippen LogP contribution in [0, 0.1) is 6.92 Å². The molecule has 0 aliphatic heterocycles. The number of nitrogens with one attached hydrogen (secondary N) is 1. The van der Waals surface area contributed by atoms with E-state index in [0.717, 1.165) is 21.9 Å². The molecule has 0 saturated heterocycles. The van der Waals surface area contributed by atoms with Gasteiger partial charge in [0.15, 0.2) is 10.9 Å². The monoisotopic (exact) mass is 472 g/mol. The van der Waals surface area contributed by atoms with Crippen molar-refractivity contribution in [2.75, 3.05) is 5.32 Å². The van der Waals surface area contributed by atoms with Gasteiger partial charge in [0.25, 0.3) is 5.91 Å². The van der Waals surface area contributed by atoms with Crippen molar-refractivity contribution in [2.45, 2.75) is 20.0 Å². The first-order chi connectivity index (χ1) is 15.0. The fourth-order valence-corrected chi connectivity index (χ4v) is 4.26. The Bertz CT molecular complexity index is 1200. The lowest BCUT2D eigenvalue weighted by Crippen LogP contribution is -2.10. The number of aromatic nitrogens is 1. The first-order valence-electron chi connectivity index (χ1n) is 9.46. The molecule has 1 N–H and O–H groups in total. The number of rotatable bonds is 7. The first-order valence-corrected chi connectivity index (χ1v) is 11.0. The van der Waals surface area contributed by atoms with Gasteiger partial charge in [0, 0.05) is 21.3 Å². The summed E-state index contributed by atoms with van der Waals surface area (Å²) < 4.78 is 11.2. The number of ether oxygens (including phenoxy) is 1. The number of thiazole rings is 1. The van der Waals surface area contributed by atoms with Crippen LogP contribution in [0.2, 0.25) is 10.0 Å². The van der Waals surface area contributed by atoms with Crippen LogP contribution in [0.4, 0.5) is 5.13 Å². The molecule has 31 heavy (non-hydrogen) atoms. The quantitative estimate of drug-likeness (QED) is 0.322. The van der Waals surface area contributed by atoms with Gasteiger partial charge in [-0.1, -0.05) is 41.4 Å². The molecule has 4 rings (SSSR count). The Hall–Kier alpha value is -2.80. The number of aryl methyl sites for hydroxylation is 1. The lowest BCUT2D eigenvalue weighted by Gasteiger charge is -2.03. The zero-order chi connectivity index (χ0) is 21.8. The highest BCUT2D eigenvalue weighted by Gasteiger charge is 2.16. The number of benzene rings is 2. The van der Waals surface area contributed by atoms with Crippen LogP contribution in [0.15, 0.2) is 65.1 Å². The molecule has 5 nitrogen and oxygen atoms in total. The van der Waals surface area contributed by atoms with Gasteiger partial charge in [-0.25, -0.2) is 4.98 Å². The maximum atomic E-state index is 12.6. The van der Waals surface area contributed by atoms with Gasteiger partial charge >= 0.3 is 0 Å². The molecule has 2 aromatic heterocycles. The van der Waals surface area contributed by atoms with Crippen LogP contribution in [-0.4, -0.2) is 10.9 Å². The number of carbonyl (C=O) groups excluding carboxylic acids is 1. The summed E-state index contributed by atoms with van der Waals surface area (Å²) in [6, 6.07) is 18.1. The van der Waals surface area contributed by atoms with Crippen molar-refractivity contribution < 1.29 is 13.9 Å². The third-order valence-electron chi connectivity index (χ3n) is 4.48. The second-order valence-electron chi connectivity index (χ2n) is 6.76. The molecule has 0 aliphatic carbocycles. The smallest absolute Gasteiger partial charge is 0.293 e. The average molecular weight is 473 g/mol. The minimum absolute atomic E-state index is 0.193. The van der Waals surface area contributed by atoms with Crippen LogP contribution in [0.1, 0.15) is 32.4 Å². The van der Waals surface area contributed by atoms with E-state index in [1.165, 1.54) is 11.3 Å². The molecule has 1 amide bonds. The Kier molecular flexibility index (Phi) is 6.61. The lowest BCUT2D eigenvalue weighted by atomic mass is 10.1. The SMILES string of the molecule is Cc1nc(NC(=O)c2ccc(COc3ccccc3)o2)sc1Cc1cc(Cl)ccc1Cl. The van der Waals surface area contributed by atoms with Crippen molar-refractivity contribution in [3.05, 3.63) is 98.4 Å². The van der Waals surface area contributed by atoms with Crippen molar-refractivity contribution in [2.24, 2.45) is 0 Å². The fraction of sp³-hybridized carbons (Fsp3) is 0.130. The van der Waals surface area contributed by atoms with Crippen LogP contribution in [0.3, 0.4) is 0 Å². The molecule has 8 heteroatoms. The van der Waals surface area contributed by atoms with Gasteiger partial charge < -0.3 is 9.15 Å². The summed E-state index contributed by atoms with van der Waals surface area (Å²) in [5.74, 6) is 1.11. The molecular formula is C23H18Cl2N2O3S. The first kappa shape index (κ1) is 21.4. The van der Waals surface area contributed by atoms with Gasteiger partial charge in [-0.3, -0.25) is 10.1 Å². The number of para-hydroxylation sites is 1. The number of hydrogen-bond acceptors (Lipinski definition) is 5. The summed E-state index contributed by atoms with van der Waals surface area (Å²) in [6.07, 6.45) is 0.584. The number of amides is 1. The number of hydrogen-bond donors (Lipinski definition) is 1. The van der Waals surface area contributed by atoms with Crippen LogP contribution in [0.25, 0.3) is 0 Å². The van der Waals surface area contributed by atoms with Gasteiger partial charge in [-0.05, 0) is 55.0 Å². The van der Waals surface area contributed by atoms with Crippen molar-refractivity contribution >= 4 is 45.6 Å². The molecule has 0 saturated carbocycles. The molecule has 0 radical (unpaired) electrons. The largest absolute Gasteiger partial charge is 0.486 e. The molecule has 0 aliphatic rings. The average Bonchev–Trinajstić information content (AvgIpc) is 3.37. The minimum atomic E-state index is -0.368. The third kappa shape index (κ3) is 5.47. The van der Waals surface area contributed by atoms with Crippen molar-refractivity contribution in [3.63, 3.8) is 0 Å². The summed E-state index contributed by atoms with van der Waals surface area (Å²) in [4.78, 5) is 18.0. The van der Waals surface area contributed by atoms with Crippen LogP contribution in [-0.2, 0) is 13.0 Å². The number of anilines is 1. The van der Waals surface area contributed by atoms with E-state index >= 15 is 0 Å². The van der Waals surface area contributed by atoms with Crippen molar-refractivity contribution in [1.82, 2.24) is 4.98 Å². The highest BCUT2D eigenvalue weighted by Crippen LogP contribution is 2.29.